The SMILES string of the molecule is N=C(N)c1ccc(C(=O)OC2CCCCC2)cc1. The van der Waals surface area contributed by atoms with E-state index in [1.165, 1.54) is 6.42 Å². The maximum atomic E-state index is 11.9. The third-order valence-corrected chi connectivity index (χ3v) is 3.26. The molecule has 1 fully saturated rings. The minimum absolute atomic E-state index is 0.00204. The first-order valence-corrected chi connectivity index (χ1v) is 6.32. The van der Waals surface area contributed by atoms with Gasteiger partial charge in [-0.15, -0.1) is 0 Å². The van der Waals surface area contributed by atoms with Gasteiger partial charge in [0.2, 0.25) is 0 Å². The summed E-state index contributed by atoms with van der Waals surface area (Å²) in [7, 11) is 0. The van der Waals surface area contributed by atoms with Crippen molar-refractivity contribution in [1.29, 1.82) is 5.41 Å². The van der Waals surface area contributed by atoms with E-state index in [1.807, 2.05) is 0 Å². The van der Waals surface area contributed by atoms with Crippen LogP contribution in [-0.2, 0) is 4.74 Å². The summed E-state index contributed by atoms with van der Waals surface area (Å²) < 4.78 is 5.45. The van der Waals surface area contributed by atoms with E-state index in [0.717, 1.165) is 25.7 Å². The van der Waals surface area contributed by atoms with Crippen LogP contribution in [0.5, 0.6) is 0 Å². The second-order valence-corrected chi connectivity index (χ2v) is 4.66. The Labute approximate surface area is 107 Å². The maximum absolute atomic E-state index is 11.9. The topological polar surface area (TPSA) is 76.2 Å². The zero-order valence-electron chi connectivity index (χ0n) is 10.3. The number of hydrogen-bond donors (Lipinski definition) is 2. The van der Waals surface area contributed by atoms with E-state index in [2.05, 4.69) is 0 Å². The highest BCUT2D eigenvalue weighted by atomic mass is 16.5. The van der Waals surface area contributed by atoms with Crippen molar-refractivity contribution in [1.82, 2.24) is 0 Å². The average Bonchev–Trinajstić information content (AvgIpc) is 2.40. The molecule has 0 atom stereocenters. The molecule has 3 N–H and O–H groups in total. The van der Waals surface area contributed by atoms with Crippen LogP contribution in [0.3, 0.4) is 0 Å². The van der Waals surface area contributed by atoms with Crippen LogP contribution >= 0.6 is 0 Å². The van der Waals surface area contributed by atoms with E-state index in [4.69, 9.17) is 15.9 Å². The molecule has 0 spiro atoms. The van der Waals surface area contributed by atoms with Crippen molar-refractivity contribution >= 4 is 11.8 Å². The first-order valence-electron chi connectivity index (χ1n) is 6.32. The monoisotopic (exact) mass is 246 g/mol. The van der Waals surface area contributed by atoms with E-state index < -0.39 is 0 Å². The van der Waals surface area contributed by atoms with Gasteiger partial charge in [0, 0.05) is 5.56 Å². The molecule has 18 heavy (non-hydrogen) atoms. The molecule has 0 radical (unpaired) electrons. The smallest absolute Gasteiger partial charge is 0.338 e. The Morgan fingerprint density at radius 3 is 2.22 bits per heavy atom. The van der Waals surface area contributed by atoms with E-state index >= 15 is 0 Å². The Balaban J connectivity index is 1.97. The Morgan fingerprint density at radius 1 is 1.11 bits per heavy atom. The summed E-state index contributed by atoms with van der Waals surface area (Å²) in [5, 5.41) is 7.28. The van der Waals surface area contributed by atoms with Crippen molar-refractivity contribution in [2.75, 3.05) is 0 Å². The molecule has 0 amide bonds. The zero-order chi connectivity index (χ0) is 13.0. The molecular formula is C14H18N2O2. The number of hydrogen-bond acceptors (Lipinski definition) is 3. The Hall–Kier alpha value is -1.84. The number of carbonyl (C=O) groups excluding carboxylic acids is 1. The van der Waals surface area contributed by atoms with Crippen LogP contribution < -0.4 is 5.73 Å². The summed E-state index contributed by atoms with van der Waals surface area (Å²) in [6, 6.07) is 6.64. The summed E-state index contributed by atoms with van der Waals surface area (Å²) in [5.74, 6) is -0.279. The van der Waals surface area contributed by atoms with Gasteiger partial charge in [0.25, 0.3) is 0 Å². The predicted molar refractivity (Wildman–Crippen MR) is 69.7 cm³/mol. The quantitative estimate of drug-likeness (QED) is 0.488. The highest BCUT2D eigenvalue weighted by Crippen LogP contribution is 2.21. The molecule has 1 saturated carbocycles. The second-order valence-electron chi connectivity index (χ2n) is 4.66. The molecule has 1 aliphatic rings. The van der Waals surface area contributed by atoms with Gasteiger partial charge in [-0.2, -0.15) is 0 Å². The number of nitrogens with one attached hydrogen (secondary N) is 1. The van der Waals surface area contributed by atoms with E-state index in [1.54, 1.807) is 24.3 Å². The van der Waals surface area contributed by atoms with Gasteiger partial charge in [-0.3, -0.25) is 5.41 Å². The van der Waals surface area contributed by atoms with Gasteiger partial charge in [-0.25, -0.2) is 4.79 Å². The van der Waals surface area contributed by atoms with Crippen molar-refractivity contribution in [3.63, 3.8) is 0 Å². The number of benzene rings is 1. The number of amidine groups is 1. The molecule has 2 rings (SSSR count). The first-order chi connectivity index (χ1) is 8.66. The lowest BCUT2D eigenvalue weighted by Gasteiger charge is -2.21. The van der Waals surface area contributed by atoms with Crippen molar-refractivity contribution in [3.8, 4) is 0 Å². The van der Waals surface area contributed by atoms with Gasteiger partial charge in [0.15, 0.2) is 0 Å². The fraction of sp³-hybridized carbons (Fsp3) is 0.429. The van der Waals surface area contributed by atoms with Crippen LogP contribution in [0.2, 0.25) is 0 Å². The lowest BCUT2D eigenvalue weighted by molar-refractivity contribution is 0.0211. The molecule has 1 aromatic rings. The molecule has 96 valence electrons. The van der Waals surface area contributed by atoms with Crippen molar-refractivity contribution in [2.24, 2.45) is 5.73 Å². The molecule has 0 aromatic heterocycles. The van der Waals surface area contributed by atoms with Crippen molar-refractivity contribution in [2.45, 2.75) is 38.2 Å². The van der Waals surface area contributed by atoms with Crippen LogP contribution in [0.4, 0.5) is 0 Å². The largest absolute Gasteiger partial charge is 0.459 e. The van der Waals surface area contributed by atoms with E-state index in [-0.39, 0.29) is 17.9 Å². The molecular weight excluding hydrogens is 228 g/mol. The summed E-state index contributed by atoms with van der Waals surface area (Å²) in [4.78, 5) is 11.9. The summed E-state index contributed by atoms with van der Waals surface area (Å²) >= 11 is 0. The van der Waals surface area contributed by atoms with Crippen LogP contribution in [0.25, 0.3) is 0 Å². The lowest BCUT2D eigenvalue weighted by Crippen LogP contribution is -2.21. The fourth-order valence-corrected chi connectivity index (χ4v) is 2.19. The van der Waals surface area contributed by atoms with Crippen LogP contribution in [0.1, 0.15) is 48.0 Å². The Kier molecular flexibility index (Phi) is 3.97. The van der Waals surface area contributed by atoms with E-state index in [9.17, 15) is 4.79 Å². The minimum atomic E-state index is -0.281. The fourth-order valence-electron chi connectivity index (χ4n) is 2.19. The van der Waals surface area contributed by atoms with Crippen molar-refractivity contribution < 1.29 is 9.53 Å². The lowest BCUT2D eigenvalue weighted by atomic mass is 9.98. The predicted octanol–water partition coefficient (Wildman–Crippen LogP) is 2.46. The maximum Gasteiger partial charge on any atom is 0.338 e. The number of rotatable bonds is 3. The minimum Gasteiger partial charge on any atom is -0.459 e. The van der Waals surface area contributed by atoms with Crippen molar-refractivity contribution in [3.05, 3.63) is 35.4 Å². The number of esters is 1. The average molecular weight is 246 g/mol. The highest BCUT2D eigenvalue weighted by Gasteiger charge is 2.18. The summed E-state index contributed by atoms with van der Waals surface area (Å²) in [6.07, 6.45) is 5.52. The third kappa shape index (κ3) is 3.09. The normalized spacial score (nSPS) is 16.2. The molecule has 4 heteroatoms. The molecule has 0 aliphatic heterocycles. The highest BCUT2D eigenvalue weighted by molar-refractivity contribution is 5.96. The molecule has 0 saturated heterocycles. The van der Waals surface area contributed by atoms with Gasteiger partial charge in [-0.05, 0) is 37.8 Å². The standard InChI is InChI=1S/C14H18N2O2/c15-13(16)10-6-8-11(9-7-10)14(17)18-12-4-2-1-3-5-12/h6-9,12H,1-5H2,(H3,15,16). The molecule has 1 aliphatic carbocycles. The number of carbonyl (C=O) groups is 1. The number of nitrogen functional groups attached to an aromatic ring is 1. The van der Waals surface area contributed by atoms with Gasteiger partial charge >= 0.3 is 5.97 Å². The van der Waals surface area contributed by atoms with Gasteiger partial charge in [0.1, 0.15) is 11.9 Å². The zero-order valence-corrected chi connectivity index (χ0v) is 10.3. The molecule has 0 heterocycles. The Bertz CT molecular complexity index is 434. The van der Waals surface area contributed by atoms with Gasteiger partial charge < -0.3 is 10.5 Å². The molecule has 1 aromatic carbocycles. The second kappa shape index (κ2) is 5.67. The summed E-state index contributed by atoms with van der Waals surface area (Å²) in [5.41, 5.74) is 6.49. The number of nitrogens with two attached hydrogens (primary N) is 1. The van der Waals surface area contributed by atoms with Crippen LogP contribution in [-0.4, -0.2) is 17.9 Å². The first kappa shape index (κ1) is 12.6. The van der Waals surface area contributed by atoms with Gasteiger partial charge in [0.05, 0.1) is 5.56 Å². The Morgan fingerprint density at radius 2 is 1.67 bits per heavy atom. The molecule has 0 bridgehead atoms. The molecule has 4 nitrogen and oxygen atoms in total. The third-order valence-electron chi connectivity index (χ3n) is 3.26. The summed E-state index contributed by atoms with van der Waals surface area (Å²) in [6.45, 7) is 0. The number of ether oxygens (including phenoxy) is 1. The van der Waals surface area contributed by atoms with Crippen LogP contribution in [0, 0.1) is 5.41 Å². The van der Waals surface area contributed by atoms with E-state index in [0.29, 0.717) is 11.1 Å². The van der Waals surface area contributed by atoms with Crippen LogP contribution in [0.15, 0.2) is 24.3 Å². The molecule has 0 unspecified atom stereocenters. The van der Waals surface area contributed by atoms with Gasteiger partial charge in [-0.1, -0.05) is 18.6 Å².